The molecule has 1 amide bonds. The number of aromatic nitrogens is 2. The Morgan fingerprint density at radius 3 is 2.59 bits per heavy atom. The number of benzene rings is 2. The first-order valence-electron chi connectivity index (χ1n) is 9.55. The topological polar surface area (TPSA) is 119 Å². The summed E-state index contributed by atoms with van der Waals surface area (Å²) in [6.45, 7) is 1.92. The number of anilines is 1. The Hall–Kier alpha value is -3.63. The molecule has 0 spiro atoms. The molecule has 0 saturated carbocycles. The lowest BCUT2D eigenvalue weighted by Gasteiger charge is -2.21. The number of amides is 1. The molecule has 5 rings (SSSR count). The largest absolute Gasteiger partial charge is 0.450 e. The normalized spacial score (nSPS) is 15.4. The highest BCUT2D eigenvalue weighted by Crippen LogP contribution is 2.42. The molecule has 1 unspecified atom stereocenters. The summed E-state index contributed by atoms with van der Waals surface area (Å²) in [6, 6.07) is 9.40. The minimum Gasteiger partial charge on any atom is -0.450 e. The minimum atomic E-state index is -0.879. The van der Waals surface area contributed by atoms with Crippen molar-refractivity contribution in [1.82, 2.24) is 10.2 Å². The van der Waals surface area contributed by atoms with Gasteiger partial charge in [-0.25, -0.2) is 0 Å². The summed E-state index contributed by atoms with van der Waals surface area (Å²) in [6.07, 6.45) is 0.633. The lowest BCUT2D eigenvalue weighted by atomic mass is 9.98. The third-order valence-corrected chi connectivity index (χ3v) is 6.52. The Bertz CT molecular complexity index is 1460. The maximum atomic E-state index is 13.5. The number of nitro groups is 1. The number of nitro benzene ring substituents is 1. The Kier molecular flexibility index (Phi) is 4.75. The van der Waals surface area contributed by atoms with Crippen molar-refractivity contribution in [2.24, 2.45) is 0 Å². The molecule has 0 saturated heterocycles. The molecule has 0 radical (unpaired) electrons. The predicted molar refractivity (Wildman–Crippen MR) is 119 cm³/mol. The van der Waals surface area contributed by atoms with Gasteiger partial charge in [0.15, 0.2) is 5.43 Å². The van der Waals surface area contributed by atoms with Crippen LogP contribution in [0.5, 0.6) is 0 Å². The van der Waals surface area contributed by atoms with E-state index in [1.54, 1.807) is 6.07 Å². The number of aryl methyl sites for hydroxylation is 1. The van der Waals surface area contributed by atoms with Gasteiger partial charge in [-0.2, -0.15) is 0 Å². The molecule has 0 N–H and O–H groups in total. The lowest BCUT2D eigenvalue weighted by molar-refractivity contribution is -0.384. The lowest BCUT2D eigenvalue weighted by Crippen LogP contribution is -2.29. The third-order valence-electron chi connectivity index (χ3n) is 5.22. The zero-order valence-corrected chi connectivity index (χ0v) is 18.0. The van der Waals surface area contributed by atoms with Gasteiger partial charge >= 0.3 is 0 Å². The summed E-state index contributed by atoms with van der Waals surface area (Å²) in [7, 11) is 0. The highest BCUT2D eigenvalue weighted by Gasteiger charge is 2.45. The quantitative estimate of drug-likeness (QED) is 0.319. The van der Waals surface area contributed by atoms with Gasteiger partial charge in [-0.05, 0) is 42.3 Å². The Morgan fingerprint density at radius 1 is 1.19 bits per heavy atom. The molecule has 0 bridgehead atoms. The monoisotopic (exact) mass is 468 g/mol. The van der Waals surface area contributed by atoms with Gasteiger partial charge in [-0.1, -0.05) is 29.9 Å². The van der Waals surface area contributed by atoms with Crippen molar-refractivity contribution in [1.29, 1.82) is 0 Å². The van der Waals surface area contributed by atoms with Crippen LogP contribution in [-0.4, -0.2) is 21.0 Å². The molecular weight excluding hydrogens is 456 g/mol. The average Bonchev–Trinajstić information content (AvgIpc) is 3.37. The van der Waals surface area contributed by atoms with Crippen LogP contribution in [-0.2, 0) is 6.42 Å². The highest BCUT2D eigenvalue weighted by molar-refractivity contribution is 7.15. The SMILES string of the molecule is CCc1nnc(N2C(=O)c3oc4ccc(Cl)cc4c(=O)c3C2c2ccc([N+](=O)[O-])cc2)s1. The Morgan fingerprint density at radius 2 is 1.94 bits per heavy atom. The maximum Gasteiger partial charge on any atom is 0.297 e. The molecule has 1 atom stereocenters. The molecule has 1 aliphatic rings. The van der Waals surface area contributed by atoms with E-state index in [9.17, 15) is 19.7 Å². The van der Waals surface area contributed by atoms with E-state index in [4.69, 9.17) is 16.0 Å². The smallest absolute Gasteiger partial charge is 0.297 e. The van der Waals surface area contributed by atoms with Crippen LogP contribution in [0.4, 0.5) is 10.8 Å². The van der Waals surface area contributed by atoms with E-state index in [0.29, 0.717) is 22.1 Å². The molecule has 11 heteroatoms. The van der Waals surface area contributed by atoms with Gasteiger partial charge in [-0.15, -0.1) is 10.2 Å². The number of rotatable bonds is 4. The number of carbonyl (C=O) groups excluding carboxylic acids is 1. The second-order valence-corrected chi connectivity index (χ2v) is 8.55. The molecule has 0 aliphatic carbocycles. The predicted octanol–water partition coefficient (Wildman–Crippen LogP) is 4.52. The molecule has 2 aromatic carbocycles. The average molecular weight is 469 g/mol. The summed E-state index contributed by atoms with van der Waals surface area (Å²) >= 11 is 7.31. The molecule has 4 aromatic rings. The van der Waals surface area contributed by atoms with Crippen molar-refractivity contribution in [3.63, 3.8) is 0 Å². The summed E-state index contributed by atoms with van der Waals surface area (Å²) in [5.74, 6) is -0.627. The summed E-state index contributed by atoms with van der Waals surface area (Å²) in [5, 5.41) is 20.9. The van der Waals surface area contributed by atoms with Gasteiger partial charge in [0.25, 0.3) is 11.6 Å². The first-order chi connectivity index (χ1) is 15.4. The fourth-order valence-electron chi connectivity index (χ4n) is 3.72. The standard InChI is InChI=1S/C21H13ClN4O5S/c1-2-15-23-24-21(32-15)25-17(10-3-6-12(7-4-10)26(29)30)16-18(27)13-9-11(22)5-8-14(13)31-19(16)20(25)28/h3-9,17H,2H2,1H3. The van der Waals surface area contributed by atoms with Crippen molar-refractivity contribution < 1.29 is 14.1 Å². The number of fused-ring (bicyclic) bond motifs is 2. The molecule has 0 fully saturated rings. The van der Waals surface area contributed by atoms with Gasteiger partial charge in [0, 0.05) is 17.2 Å². The zero-order valence-electron chi connectivity index (χ0n) is 16.4. The van der Waals surface area contributed by atoms with Crippen molar-refractivity contribution in [2.45, 2.75) is 19.4 Å². The summed E-state index contributed by atoms with van der Waals surface area (Å²) < 4.78 is 5.85. The Labute approximate surface area is 189 Å². The van der Waals surface area contributed by atoms with E-state index in [1.165, 1.54) is 52.6 Å². The highest BCUT2D eigenvalue weighted by atomic mass is 35.5. The molecular formula is C21H13ClN4O5S. The van der Waals surface area contributed by atoms with Gasteiger partial charge in [0.2, 0.25) is 10.9 Å². The van der Waals surface area contributed by atoms with Crippen molar-refractivity contribution >= 4 is 50.6 Å². The molecule has 160 valence electrons. The second kappa shape index (κ2) is 7.50. The van der Waals surface area contributed by atoms with Crippen molar-refractivity contribution in [2.75, 3.05) is 4.90 Å². The molecule has 1 aliphatic heterocycles. The van der Waals surface area contributed by atoms with E-state index in [1.807, 2.05) is 6.92 Å². The van der Waals surface area contributed by atoms with Crippen LogP contribution in [0.1, 0.15) is 39.7 Å². The van der Waals surface area contributed by atoms with E-state index in [-0.39, 0.29) is 28.0 Å². The fraction of sp³-hybridized carbons (Fsp3) is 0.143. The Balaban J connectivity index is 1.77. The number of non-ortho nitro benzene ring substituents is 1. The van der Waals surface area contributed by atoms with Crippen LogP contribution < -0.4 is 10.3 Å². The minimum absolute atomic E-state index is 0.0959. The van der Waals surface area contributed by atoms with Crippen LogP contribution in [0.15, 0.2) is 51.7 Å². The number of hydrogen-bond acceptors (Lipinski definition) is 8. The van der Waals surface area contributed by atoms with Crippen molar-refractivity contribution in [3.05, 3.63) is 89.7 Å². The zero-order chi connectivity index (χ0) is 22.6. The van der Waals surface area contributed by atoms with Crippen LogP contribution in [0.25, 0.3) is 11.0 Å². The van der Waals surface area contributed by atoms with E-state index in [2.05, 4.69) is 10.2 Å². The summed E-state index contributed by atoms with van der Waals surface area (Å²) in [4.78, 5) is 38.8. The van der Waals surface area contributed by atoms with Gasteiger partial charge in [0.1, 0.15) is 10.6 Å². The number of hydrogen-bond donors (Lipinski definition) is 0. The van der Waals surface area contributed by atoms with Crippen LogP contribution in [0, 0.1) is 10.1 Å². The maximum absolute atomic E-state index is 13.5. The van der Waals surface area contributed by atoms with Crippen LogP contribution in [0.2, 0.25) is 5.02 Å². The van der Waals surface area contributed by atoms with E-state index < -0.39 is 22.3 Å². The third kappa shape index (κ3) is 3.07. The summed E-state index contributed by atoms with van der Waals surface area (Å²) in [5.41, 5.74) is 0.369. The first-order valence-corrected chi connectivity index (χ1v) is 10.7. The number of nitrogens with zero attached hydrogens (tertiary/aromatic N) is 4. The molecule has 9 nitrogen and oxygen atoms in total. The fourth-order valence-corrected chi connectivity index (χ4v) is 4.70. The van der Waals surface area contributed by atoms with Crippen molar-refractivity contribution in [3.8, 4) is 0 Å². The van der Waals surface area contributed by atoms with E-state index in [0.717, 1.165) is 5.01 Å². The molecule has 32 heavy (non-hydrogen) atoms. The number of carbonyl (C=O) groups is 1. The molecule has 2 aromatic heterocycles. The van der Waals surface area contributed by atoms with Crippen LogP contribution in [0.3, 0.4) is 0 Å². The first kappa shape index (κ1) is 20.3. The van der Waals surface area contributed by atoms with Gasteiger partial charge in [-0.3, -0.25) is 24.6 Å². The van der Waals surface area contributed by atoms with E-state index >= 15 is 0 Å². The number of halogens is 1. The molecule has 3 heterocycles. The van der Waals surface area contributed by atoms with Gasteiger partial charge in [0.05, 0.1) is 21.9 Å². The van der Waals surface area contributed by atoms with Crippen LogP contribution >= 0.6 is 22.9 Å². The second-order valence-electron chi connectivity index (χ2n) is 7.07. The van der Waals surface area contributed by atoms with Gasteiger partial charge < -0.3 is 4.42 Å².